The number of fused-ring (bicyclic) bond motifs is 4. The Balaban J connectivity index is 0.840. The van der Waals surface area contributed by atoms with E-state index >= 15 is 9.18 Å². The lowest BCUT2D eigenvalue weighted by Gasteiger charge is -2.41. The zero-order chi connectivity index (χ0) is 54.8. The van der Waals surface area contributed by atoms with E-state index in [2.05, 4.69) is 15.5 Å². The normalized spacial score (nSPS) is 24.1. The first-order valence-corrected chi connectivity index (χ1v) is 28.2. The van der Waals surface area contributed by atoms with Crippen LogP contribution in [-0.4, -0.2) is 150 Å². The molecule has 6 amide bonds. The molecule has 5 saturated heterocycles. The van der Waals surface area contributed by atoms with Crippen LogP contribution in [0.1, 0.15) is 97.3 Å². The lowest BCUT2D eigenvalue weighted by Crippen LogP contribution is -2.60. The van der Waals surface area contributed by atoms with E-state index in [-0.39, 0.29) is 96.7 Å². The number of ether oxygens (including phenoxy) is 2. The molecule has 10 rings (SSSR count). The topological polar surface area (TPSA) is 242 Å². The molecule has 5 aromatic rings. The Morgan fingerprint density at radius 2 is 1.65 bits per heavy atom. The average Bonchev–Trinajstić information content (AvgIpc) is 4.15. The van der Waals surface area contributed by atoms with Gasteiger partial charge in [-0.05, 0) is 66.5 Å². The fourth-order valence-electron chi connectivity index (χ4n) is 11.6. The minimum Gasteiger partial charge on any atom is -0.370 e. The van der Waals surface area contributed by atoms with Gasteiger partial charge in [0.15, 0.2) is 0 Å². The number of rotatable bonds is 13. The first-order chi connectivity index (χ1) is 36.6. The molecule has 5 aliphatic rings. The van der Waals surface area contributed by atoms with Crippen LogP contribution in [0, 0.1) is 11.2 Å². The Hall–Kier alpha value is -6.20. The van der Waals surface area contributed by atoms with Crippen molar-refractivity contribution in [2.75, 3.05) is 45.9 Å². The van der Waals surface area contributed by atoms with Gasteiger partial charge in [-0.2, -0.15) is 0 Å². The van der Waals surface area contributed by atoms with Crippen LogP contribution in [0.5, 0.6) is 0 Å². The number of morpholine rings is 1. The lowest BCUT2D eigenvalue weighted by atomic mass is 9.85. The summed E-state index contributed by atoms with van der Waals surface area (Å²) in [6, 6.07) is 15.3. The van der Waals surface area contributed by atoms with Crippen LogP contribution in [0.2, 0.25) is 0 Å². The zero-order valence-electron chi connectivity index (χ0n) is 42.9. The molecule has 410 valence electrons. The van der Waals surface area contributed by atoms with Crippen LogP contribution in [0.4, 0.5) is 8.78 Å². The number of hydrogen-bond acceptors (Lipinski definition) is 12. The summed E-state index contributed by atoms with van der Waals surface area (Å²) >= 11 is 0.845. The number of aromatic nitrogens is 2. The van der Waals surface area contributed by atoms with Crippen LogP contribution < -0.4 is 16.3 Å². The molecule has 7 heterocycles. The average molecular weight is 1100 g/mol. The van der Waals surface area contributed by atoms with E-state index in [9.17, 15) is 47.5 Å². The maximum absolute atomic E-state index is 15.5. The number of piperidine rings is 1. The highest BCUT2D eigenvalue weighted by atomic mass is 32.1. The van der Waals surface area contributed by atoms with Crippen molar-refractivity contribution in [3.63, 3.8) is 0 Å². The van der Waals surface area contributed by atoms with Crippen LogP contribution in [0.15, 0.2) is 71.5 Å². The molecule has 4 N–H and O–H groups in total. The second-order valence-corrected chi connectivity index (χ2v) is 24.4. The van der Waals surface area contributed by atoms with Crippen molar-refractivity contribution in [1.82, 2.24) is 39.4 Å². The summed E-state index contributed by atoms with van der Waals surface area (Å²) < 4.78 is 57.5. The first kappa shape index (κ1) is 54.2. The lowest BCUT2D eigenvalue weighted by molar-refractivity contribution is -0.156. The number of carbonyl (C=O) groups excluding carboxylic acids is 6. The van der Waals surface area contributed by atoms with Crippen molar-refractivity contribution in [3.05, 3.63) is 105 Å². The Bertz CT molecular complexity index is 3270. The van der Waals surface area contributed by atoms with Gasteiger partial charge in [-0.25, -0.2) is 13.6 Å². The van der Waals surface area contributed by atoms with Gasteiger partial charge in [0, 0.05) is 73.9 Å². The van der Waals surface area contributed by atoms with E-state index in [4.69, 9.17) is 9.47 Å². The van der Waals surface area contributed by atoms with Crippen molar-refractivity contribution in [2.24, 2.45) is 12.5 Å². The summed E-state index contributed by atoms with van der Waals surface area (Å²) in [4.78, 5) is 122. The molecule has 0 saturated carbocycles. The van der Waals surface area contributed by atoms with Gasteiger partial charge in [0.2, 0.25) is 35.4 Å². The van der Waals surface area contributed by atoms with E-state index in [1.165, 1.54) is 20.1 Å². The van der Waals surface area contributed by atoms with Gasteiger partial charge in [-0.3, -0.25) is 52.7 Å². The predicted octanol–water partition coefficient (Wildman–Crippen LogP) is 4.42. The third-order valence-electron chi connectivity index (χ3n) is 15.7. The van der Waals surface area contributed by atoms with Gasteiger partial charge in [-0.15, -0.1) is 11.3 Å². The SMILES string of the molecule is Cn1c(=O)n(C2CCC(=O)NC2=O)c2ccc(CN3[C@@H]4CC[C@H]3CN(C(=O)CO[C@@H]3CCN(C(=O)[C@@H](NC(=O)c5cc6c(F)c([C@H](F)P(=O)(O)O)ccc6s5)C(C)(C)C)[C@@H]3C(=O)N3CCO[C@H](c5ccccc5)C3)C4)cc21. The molecule has 20 nitrogen and oxygen atoms in total. The number of nitrogens with one attached hydrogen (secondary N) is 2. The van der Waals surface area contributed by atoms with Crippen LogP contribution in [0.25, 0.3) is 21.1 Å². The van der Waals surface area contributed by atoms with E-state index in [1.54, 1.807) is 37.6 Å². The van der Waals surface area contributed by atoms with Gasteiger partial charge in [0.25, 0.3) is 5.91 Å². The minimum atomic E-state index is -5.35. The summed E-state index contributed by atoms with van der Waals surface area (Å²) in [6.07, 6.45) is 0.912. The van der Waals surface area contributed by atoms with Gasteiger partial charge in [0.05, 0.1) is 35.2 Å². The fraction of sp³-hybridized carbons (Fsp3) is 0.491. The van der Waals surface area contributed by atoms with Crippen molar-refractivity contribution < 1.29 is 61.4 Å². The number of benzene rings is 3. The van der Waals surface area contributed by atoms with Crippen molar-refractivity contribution in [3.8, 4) is 0 Å². The third kappa shape index (κ3) is 10.6. The number of piperazine rings is 1. The number of thiophene rings is 1. The zero-order valence-corrected chi connectivity index (χ0v) is 44.6. The van der Waals surface area contributed by atoms with E-state index in [0.29, 0.717) is 30.7 Å². The smallest absolute Gasteiger partial charge is 0.364 e. The largest absolute Gasteiger partial charge is 0.370 e. The number of likely N-dealkylation sites (tertiary alicyclic amines) is 2. The third-order valence-corrected chi connectivity index (χ3v) is 17.7. The number of hydrogen-bond donors (Lipinski definition) is 4. The number of imidazole rings is 1. The molecule has 2 aromatic heterocycles. The van der Waals surface area contributed by atoms with Gasteiger partial charge < -0.3 is 39.3 Å². The molecule has 3 aromatic carbocycles. The molecule has 77 heavy (non-hydrogen) atoms. The molecule has 2 bridgehead atoms. The van der Waals surface area contributed by atoms with Gasteiger partial charge in [-0.1, -0.05) is 63.2 Å². The summed E-state index contributed by atoms with van der Waals surface area (Å²) in [5.41, 5.74) is 0.918. The summed E-state index contributed by atoms with van der Waals surface area (Å²) in [7, 11) is -3.69. The molecule has 24 heteroatoms. The predicted molar refractivity (Wildman–Crippen MR) is 277 cm³/mol. The number of alkyl halides is 1. The van der Waals surface area contributed by atoms with E-state index < -0.39 is 84.3 Å². The van der Waals surface area contributed by atoms with Crippen molar-refractivity contribution >= 4 is 75.5 Å². The number of aryl methyl sites for hydroxylation is 1. The summed E-state index contributed by atoms with van der Waals surface area (Å²) in [5.74, 6) is -7.05. The Labute approximate surface area is 445 Å². The van der Waals surface area contributed by atoms with Crippen LogP contribution in [-0.2, 0) is 51.6 Å². The number of carbonyl (C=O) groups is 6. The highest BCUT2D eigenvalue weighted by Crippen LogP contribution is 2.54. The number of nitrogens with zero attached hydrogens (tertiary/aromatic N) is 6. The number of amides is 6. The molecule has 1 unspecified atom stereocenters. The monoisotopic (exact) mass is 1100 g/mol. The van der Waals surface area contributed by atoms with Crippen LogP contribution >= 0.6 is 18.9 Å². The quantitative estimate of drug-likeness (QED) is 0.0944. The Morgan fingerprint density at radius 3 is 2.34 bits per heavy atom. The standard InChI is InChI=1S/C53H61F2N8O12PS/c1-53(2,3)46(57-49(67)41-23-34-40(77-41)16-13-33(44(34)54)47(55)76(71,72)73)51(69)61-19-18-38(45(61)50(68)59-20-21-74-39(27-59)30-8-6-5-7-9-30)75-28-43(65)60-25-31-11-12-32(26-60)62(31)24-29-10-14-35-37(22-29)58(4)52(70)63(35)36-15-17-42(64)56-48(36)66/h5-10,13-14,16,22-23,31-32,36,38-39,45-47H,11-12,15,17-21,24-28H2,1-4H3,(H,57,67)(H,56,64,66)(H2,71,72,73)/t31-,32+,36?,38-,39+,45+,46-,47-/m1/s1. The molecule has 5 aliphatic heterocycles. The number of halogens is 2. The summed E-state index contributed by atoms with van der Waals surface area (Å²) in [5, 5.41) is 4.91. The molecule has 8 atom stereocenters. The number of imide groups is 1. The molecular formula is C53H61F2N8O12PS. The minimum absolute atomic E-state index is 0.0296. The van der Waals surface area contributed by atoms with Crippen LogP contribution in [0.3, 0.4) is 0 Å². The maximum atomic E-state index is 15.5. The molecule has 0 spiro atoms. The second-order valence-electron chi connectivity index (χ2n) is 21.7. The molecule has 5 fully saturated rings. The van der Waals surface area contributed by atoms with E-state index in [1.807, 2.05) is 48.5 Å². The van der Waals surface area contributed by atoms with Gasteiger partial charge in [0.1, 0.15) is 36.7 Å². The van der Waals surface area contributed by atoms with Gasteiger partial charge >= 0.3 is 13.3 Å². The highest BCUT2D eigenvalue weighted by molar-refractivity contribution is 7.51. The van der Waals surface area contributed by atoms with E-state index in [0.717, 1.165) is 47.4 Å². The van der Waals surface area contributed by atoms with Crippen molar-refractivity contribution in [1.29, 1.82) is 0 Å². The fourth-order valence-corrected chi connectivity index (χ4v) is 13.2. The second kappa shape index (κ2) is 21.2. The Morgan fingerprint density at radius 1 is 0.922 bits per heavy atom. The molecule has 0 radical (unpaired) electrons. The van der Waals surface area contributed by atoms with Crippen molar-refractivity contribution in [2.45, 2.75) is 108 Å². The Kier molecular flexibility index (Phi) is 14.9. The molecule has 0 aliphatic carbocycles. The maximum Gasteiger partial charge on any atom is 0.364 e. The molecular weight excluding hydrogens is 1040 g/mol. The highest BCUT2D eigenvalue weighted by Gasteiger charge is 2.50. The summed E-state index contributed by atoms with van der Waals surface area (Å²) in [6.45, 7) is 6.96. The first-order valence-electron chi connectivity index (χ1n) is 25.7.